The van der Waals surface area contributed by atoms with Crippen LogP contribution >= 0.6 is 12.4 Å². The van der Waals surface area contributed by atoms with Crippen LogP contribution in [0.5, 0.6) is 0 Å². The third-order valence-corrected chi connectivity index (χ3v) is 3.38. The van der Waals surface area contributed by atoms with Crippen LogP contribution in [-0.4, -0.2) is 53.7 Å². The molecule has 0 aliphatic carbocycles. The summed E-state index contributed by atoms with van der Waals surface area (Å²) < 4.78 is 5.12. The minimum Gasteiger partial charge on any atom is -0.480 e. The van der Waals surface area contributed by atoms with Gasteiger partial charge in [0, 0.05) is 13.7 Å². The Hall–Kier alpha value is -0.850. The number of likely N-dealkylation sites (tertiary alicyclic amines) is 1. The Morgan fingerprint density at radius 3 is 2.32 bits per heavy atom. The lowest BCUT2D eigenvalue weighted by Gasteiger charge is -2.32. The molecule has 1 fully saturated rings. The fourth-order valence-corrected chi connectivity index (χ4v) is 2.10. The Balaban J connectivity index is 0.00000324. The summed E-state index contributed by atoms with van der Waals surface area (Å²) in [6, 6.07) is -1.65. The van der Waals surface area contributed by atoms with E-state index in [1.165, 1.54) is 12.0 Å². The van der Waals surface area contributed by atoms with Gasteiger partial charge in [-0.05, 0) is 11.8 Å². The standard InChI is InChI=1S/C12H22N2O4.ClH/c1-12(2,3)9(13)10(15)14-6-5-7(18-4)8(14)11(16)17;/h7-9H,5-6,13H2,1-4H3,(H,16,17);1H/t7-,8+,9?;/m1./s1. The molecule has 3 atom stereocenters. The van der Waals surface area contributed by atoms with E-state index in [2.05, 4.69) is 0 Å². The topological polar surface area (TPSA) is 92.9 Å². The first kappa shape index (κ1) is 18.1. The van der Waals surface area contributed by atoms with E-state index in [1.807, 2.05) is 20.8 Å². The maximum absolute atomic E-state index is 12.3. The van der Waals surface area contributed by atoms with Crippen molar-refractivity contribution < 1.29 is 19.4 Å². The van der Waals surface area contributed by atoms with Gasteiger partial charge in [-0.15, -0.1) is 12.4 Å². The maximum atomic E-state index is 12.3. The zero-order valence-corrected chi connectivity index (χ0v) is 12.6. The highest BCUT2D eigenvalue weighted by Gasteiger charge is 2.45. The number of rotatable bonds is 3. The number of carboxylic acid groups (broad SMARTS) is 1. The predicted octanol–water partition coefficient (Wildman–Crippen LogP) is 0.482. The third-order valence-electron chi connectivity index (χ3n) is 3.38. The van der Waals surface area contributed by atoms with Gasteiger partial charge in [0.05, 0.1) is 12.1 Å². The van der Waals surface area contributed by atoms with Gasteiger partial charge in [-0.2, -0.15) is 0 Å². The Morgan fingerprint density at radius 2 is 1.95 bits per heavy atom. The van der Waals surface area contributed by atoms with Crippen molar-refractivity contribution in [1.29, 1.82) is 0 Å². The maximum Gasteiger partial charge on any atom is 0.329 e. The molecule has 0 aromatic rings. The van der Waals surface area contributed by atoms with E-state index in [0.717, 1.165) is 0 Å². The molecule has 1 unspecified atom stereocenters. The van der Waals surface area contributed by atoms with Gasteiger partial charge >= 0.3 is 5.97 Å². The zero-order valence-electron chi connectivity index (χ0n) is 11.8. The number of ether oxygens (including phenoxy) is 1. The van der Waals surface area contributed by atoms with Crippen LogP contribution in [-0.2, 0) is 14.3 Å². The molecule has 1 aliphatic heterocycles. The molecule has 1 aliphatic rings. The molecule has 1 rings (SSSR count). The number of aliphatic carboxylic acids is 1. The van der Waals surface area contributed by atoms with Crippen LogP contribution in [0.25, 0.3) is 0 Å². The number of hydrogen-bond acceptors (Lipinski definition) is 4. The predicted molar refractivity (Wildman–Crippen MR) is 73.2 cm³/mol. The van der Waals surface area contributed by atoms with Crippen molar-refractivity contribution >= 4 is 24.3 Å². The monoisotopic (exact) mass is 294 g/mol. The summed E-state index contributed by atoms with van der Waals surface area (Å²) in [4.78, 5) is 24.8. The van der Waals surface area contributed by atoms with Crippen molar-refractivity contribution in [2.24, 2.45) is 11.1 Å². The highest BCUT2D eigenvalue weighted by atomic mass is 35.5. The van der Waals surface area contributed by atoms with Gasteiger partial charge in [-0.25, -0.2) is 4.79 Å². The summed E-state index contributed by atoms with van der Waals surface area (Å²) in [5.74, 6) is -1.37. The van der Waals surface area contributed by atoms with Crippen LogP contribution in [0.15, 0.2) is 0 Å². The smallest absolute Gasteiger partial charge is 0.329 e. The molecule has 0 radical (unpaired) electrons. The van der Waals surface area contributed by atoms with Gasteiger partial charge in [0.2, 0.25) is 5.91 Å². The van der Waals surface area contributed by atoms with Crippen LogP contribution in [0, 0.1) is 5.41 Å². The lowest BCUT2D eigenvalue weighted by atomic mass is 9.86. The summed E-state index contributed by atoms with van der Waals surface area (Å²) in [5.41, 5.74) is 5.50. The molecule has 19 heavy (non-hydrogen) atoms. The lowest BCUT2D eigenvalue weighted by Crippen LogP contribution is -2.55. The van der Waals surface area contributed by atoms with Crippen molar-refractivity contribution in [1.82, 2.24) is 4.90 Å². The van der Waals surface area contributed by atoms with E-state index in [1.54, 1.807) is 0 Å². The van der Waals surface area contributed by atoms with Gasteiger partial charge in [-0.1, -0.05) is 20.8 Å². The first-order chi connectivity index (χ1) is 8.20. The summed E-state index contributed by atoms with van der Waals surface area (Å²) in [7, 11) is 1.46. The van der Waals surface area contributed by atoms with Crippen LogP contribution in [0.3, 0.4) is 0 Å². The van der Waals surface area contributed by atoms with Crippen molar-refractivity contribution in [2.75, 3.05) is 13.7 Å². The Morgan fingerprint density at radius 1 is 1.42 bits per heavy atom. The molecule has 3 N–H and O–H groups in total. The molecule has 0 spiro atoms. The molecule has 6 nitrogen and oxygen atoms in total. The fourth-order valence-electron chi connectivity index (χ4n) is 2.10. The largest absolute Gasteiger partial charge is 0.480 e. The fraction of sp³-hybridized carbons (Fsp3) is 0.833. The number of hydrogen-bond donors (Lipinski definition) is 2. The summed E-state index contributed by atoms with van der Waals surface area (Å²) in [6.07, 6.45) is 0.0643. The van der Waals surface area contributed by atoms with Crippen molar-refractivity contribution in [3.05, 3.63) is 0 Å². The second kappa shape index (κ2) is 6.54. The highest BCUT2D eigenvalue weighted by Crippen LogP contribution is 2.25. The van der Waals surface area contributed by atoms with Gasteiger partial charge < -0.3 is 20.5 Å². The highest BCUT2D eigenvalue weighted by molar-refractivity contribution is 5.88. The minimum absolute atomic E-state index is 0. The molecule has 0 aromatic carbocycles. The number of carboxylic acids is 1. The van der Waals surface area contributed by atoms with Crippen LogP contribution < -0.4 is 5.73 Å². The molecule has 7 heteroatoms. The van der Waals surface area contributed by atoms with E-state index in [4.69, 9.17) is 10.5 Å². The quantitative estimate of drug-likeness (QED) is 0.790. The number of carbonyl (C=O) groups excluding carboxylic acids is 1. The van der Waals surface area contributed by atoms with E-state index >= 15 is 0 Å². The van der Waals surface area contributed by atoms with Gasteiger partial charge in [0.1, 0.15) is 0 Å². The number of nitrogens with zero attached hydrogens (tertiary/aromatic N) is 1. The van der Waals surface area contributed by atoms with Crippen LogP contribution in [0.2, 0.25) is 0 Å². The lowest BCUT2D eigenvalue weighted by molar-refractivity contribution is -0.153. The molecule has 1 saturated heterocycles. The molecule has 0 saturated carbocycles. The van der Waals surface area contributed by atoms with Gasteiger partial charge in [0.25, 0.3) is 0 Å². The first-order valence-electron chi connectivity index (χ1n) is 6.01. The summed E-state index contributed by atoms with van der Waals surface area (Å²) in [6.45, 7) is 5.94. The second-order valence-electron chi connectivity index (χ2n) is 5.72. The minimum atomic E-state index is -1.05. The van der Waals surface area contributed by atoms with E-state index in [0.29, 0.717) is 13.0 Å². The molecular formula is C12H23ClN2O4. The second-order valence-corrected chi connectivity index (χ2v) is 5.72. The number of amides is 1. The van der Waals surface area contributed by atoms with E-state index in [-0.39, 0.29) is 18.3 Å². The third kappa shape index (κ3) is 3.81. The number of halogens is 1. The van der Waals surface area contributed by atoms with E-state index in [9.17, 15) is 14.7 Å². The zero-order chi connectivity index (χ0) is 14.1. The van der Waals surface area contributed by atoms with E-state index < -0.39 is 29.6 Å². The number of nitrogens with two attached hydrogens (primary N) is 1. The SMILES string of the molecule is CO[C@@H]1CCN(C(=O)C(N)C(C)(C)C)[C@@H]1C(=O)O.Cl. The Kier molecular flexibility index (Phi) is 6.25. The molecular weight excluding hydrogens is 272 g/mol. The molecule has 112 valence electrons. The van der Waals surface area contributed by atoms with Gasteiger partial charge in [0.15, 0.2) is 6.04 Å². The summed E-state index contributed by atoms with van der Waals surface area (Å²) >= 11 is 0. The average molecular weight is 295 g/mol. The first-order valence-corrected chi connectivity index (χ1v) is 6.01. The number of methoxy groups -OCH3 is 1. The number of carbonyl (C=O) groups is 2. The molecule has 1 amide bonds. The average Bonchev–Trinajstić information content (AvgIpc) is 2.69. The Bertz CT molecular complexity index is 343. The normalized spacial score (nSPS) is 24.8. The van der Waals surface area contributed by atoms with Crippen LogP contribution in [0.4, 0.5) is 0 Å². The summed E-state index contributed by atoms with van der Waals surface area (Å²) in [5, 5.41) is 9.20. The molecule has 0 aromatic heterocycles. The van der Waals surface area contributed by atoms with Crippen LogP contribution in [0.1, 0.15) is 27.2 Å². The molecule has 0 bridgehead atoms. The molecule has 1 heterocycles. The van der Waals surface area contributed by atoms with Crippen molar-refractivity contribution in [3.63, 3.8) is 0 Å². The van der Waals surface area contributed by atoms with Crippen molar-refractivity contribution in [3.8, 4) is 0 Å². The van der Waals surface area contributed by atoms with Gasteiger partial charge in [-0.3, -0.25) is 4.79 Å². The Labute approximate surface area is 119 Å². The van der Waals surface area contributed by atoms with Crippen molar-refractivity contribution in [2.45, 2.75) is 45.4 Å².